The van der Waals surface area contributed by atoms with Gasteiger partial charge in [-0.2, -0.15) is 0 Å². The zero-order valence-corrected chi connectivity index (χ0v) is 17.0. The van der Waals surface area contributed by atoms with E-state index in [0.717, 1.165) is 21.3 Å². The Balaban J connectivity index is 2.27. The van der Waals surface area contributed by atoms with Crippen LogP contribution < -0.4 is 16.6 Å². The molecular formula is C21H24N4O3. The molecule has 0 saturated heterocycles. The number of rotatable bonds is 3. The highest BCUT2D eigenvalue weighted by molar-refractivity contribution is 6.09. The SMILES string of the molecule is Cc1ccc(C(=O)Nc2c(C(C)C)cnc3c2c(=O)n(C)c(=O)n3C)cc1C. The fourth-order valence-electron chi connectivity index (χ4n) is 3.18. The number of aryl methyl sites for hydroxylation is 3. The van der Waals surface area contributed by atoms with Gasteiger partial charge in [-0.05, 0) is 48.6 Å². The molecule has 0 atom stereocenters. The Kier molecular flexibility index (Phi) is 4.93. The number of fused-ring (bicyclic) bond motifs is 1. The summed E-state index contributed by atoms with van der Waals surface area (Å²) in [4.78, 5) is 42.4. The Labute approximate surface area is 162 Å². The first kappa shape index (κ1) is 19.5. The van der Waals surface area contributed by atoms with Crippen molar-refractivity contribution in [1.82, 2.24) is 14.1 Å². The number of carbonyl (C=O) groups excluding carboxylic acids is 1. The predicted molar refractivity (Wildman–Crippen MR) is 110 cm³/mol. The highest BCUT2D eigenvalue weighted by atomic mass is 16.2. The molecule has 0 aliphatic heterocycles. The molecule has 1 amide bonds. The zero-order chi connectivity index (χ0) is 20.7. The quantitative estimate of drug-likeness (QED) is 0.757. The molecule has 0 saturated carbocycles. The van der Waals surface area contributed by atoms with E-state index in [1.54, 1.807) is 19.3 Å². The van der Waals surface area contributed by atoms with Gasteiger partial charge in [0.2, 0.25) is 0 Å². The van der Waals surface area contributed by atoms with Crippen molar-refractivity contribution in [2.45, 2.75) is 33.6 Å². The van der Waals surface area contributed by atoms with Gasteiger partial charge in [0.25, 0.3) is 11.5 Å². The van der Waals surface area contributed by atoms with E-state index in [1.165, 1.54) is 11.6 Å². The lowest BCUT2D eigenvalue weighted by molar-refractivity contribution is 0.102. The summed E-state index contributed by atoms with van der Waals surface area (Å²) < 4.78 is 2.34. The number of pyridine rings is 1. The van der Waals surface area contributed by atoms with E-state index in [-0.39, 0.29) is 22.9 Å². The van der Waals surface area contributed by atoms with E-state index in [0.29, 0.717) is 11.3 Å². The normalized spacial score (nSPS) is 11.2. The topological polar surface area (TPSA) is 86.0 Å². The molecule has 1 N–H and O–H groups in total. The Morgan fingerprint density at radius 3 is 2.36 bits per heavy atom. The molecule has 0 bridgehead atoms. The third kappa shape index (κ3) is 3.13. The second kappa shape index (κ2) is 7.07. The van der Waals surface area contributed by atoms with Crippen LogP contribution in [-0.2, 0) is 14.1 Å². The minimum Gasteiger partial charge on any atom is -0.321 e. The maximum Gasteiger partial charge on any atom is 0.332 e. The van der Waals surface area contributed by atoms with Crippen LogP contribution in [0.1, 0.15) is 46.8 Å². The van der Waals surface area contributed by atoms with Gasteiger partial charge >= 0.3 is 5.69 Å². The average Bonchev–Trinajstić information content (AvgIpc) is 2.66. The fourth-order valence-corrected chi connectivity index (χ4v) is 3.18. The molecule has 1 aromatic carbocycles. The number of amides is 1. The van der Waals surface area contributed by atoms with Crippen molar-refractivity contribution in [1.29, 1.82) is 0 Å². The summed E-state index contributed by atoms with van der Waals surface area (Å²) in [5.41, 5.74) is 3.04. The summed E-state index contributed by atoms with van der Waals surface area (Å²) in [6.45, 7) is 7.84. The van der Waals surface area contributed by atoms with Crippen LogP contribution in [0.5, 0.6) is 0 Å². The van der Waals surface area contributed by atoms with Crippen LogP contribution in [-0.4, -0.2) is 20.0 Å². The van der Waals surface area contributed by atoms with Gasteiger partial charge in [0, 0.05) is 25.9 Å². The number of hydrogen-bond acceptors (Lipinski definition) is 4. The number of nitrogens with one attached hydrogen (secondary N) is 1. The molecule has 3 rings (SSSR count). The number of anilines is 1. The van der Waals surface area contributed by atoms with Gasteiger partial charge < -0.3 is 5.32 Å². The average molecular weight is 380 g/mol. The predicted octanol–water partition coefficient (Wildman–Crippen LogP) is 2.62. The van der Waals surface area contributed by atoms with Crippen molar-refractivity contribution in [3.05, 3.63) is 67.5 Å². The van der Waals surface area contributed by atoms with Gasteiger partial charge in [0.1, 0.15) is 5.39 Å². The molecule has 3 aromatic rings. The van der Waals surface area contributed by atoms with Gasteiger partial charge in [0.15, 0.2) is 5.65 Å². The molecular weight excluding hydrogens is 356 g/mol. The Morgan fingerprint density at radius 2 is 1.75 bits per heavy atom. The largest absolute Gasteiger partial charge is 0.332 e. The first-order chi connectivity index (χ1) is 13.1. The number of nitrogens with zero attached hydrogens (tertiary/aromatic N) is 3. The fraction of sp³-hybridized carbons (Fsp3) is 0.333. The first-order valence-corrected chi connectivity index (χ1v) is 9.10. The summed E-state index contributed by atoms with van der Waals surface area (Å²) in [6.07, 6.45) is 1.61. The standard InChI is InChI=1S/C21H24N4O3/c1-11(2)15-10-22-18-16(20(27)25(6)21(28)24(18)5)17(15)23-19(26)14-8-7-12(3)13(4)9-14/h7-11H,1-6H3,(H,22,23,26). The highest BCUT2D eigenvalue weighted by Gasteiger charge is 2.21. The second-order valence-electron chi connectivity index (χ2n) is 7.40. The molecule has 0 aliphatic carbocycles. The lowest BCUT2D eigenvalue weighted by Crippen LogP contribution is -2.38. The Bertz CT molecular complexity index is 1220. The molecule has 7 heteroatoms. The lowest BCUT2D eigenvalue weighted by atomic mass is 10.0. The molecule has 0 spiro atoms. The highest BCUT2D eigenvalue weighted by Crippen LogP contribution is 2.29. The summed E-state index contributed by atoms with van der Waals surface area (Å²) >= 11 is 0. The number of benzene rings is 1. The molecule has 0 aliphatic rings. The van der Waals surface area contributed by atoms with Crippen LogP contribution in [0.3, 0.4) is 0 Å². The van der Waals surface area contributed by atoms with E-state index in [9.17, 15) is 14.4 Å². The van der Waals surface area contributed by atoms with E-state index in [4.69, 9.17) is 0 Å². The lowest BCUT2D eigenvalue weighted by Gasteiger charge is -2.17. The van der Waals surface area contributed by atoms with Crippen molar-refractivity contribution in [3.63, 3.8) is 0 Å². The monoisotopic (exact) mass is 380 g/mol. The third-order valence-electron chi connectivity index (χ3n) is 5.13. The van der Waals surface area contributed by atoms with Crippen LogP contribution in [0.25, 0.3) is 11.0 Å². The summed E-state index contributed by atoms with van der Waals surface area (Å²) in [6, 6.07) is 5.46. The van der Waals surface area contributed by atoms with Crippen LogP contribution in [0, 0.1) is 13.8 Å². The summed E-state index contributed by atoms with van der Waals surface area (Å²) in [5.74, 6) is -0.290. The van der Waals surface area contributed by atoms with Crippen LogP contribution in [0.2, 0.25) is 0 Å². The molecule has 28 heavy (non-hydrogen) atoms. The molecule has 0 radical (unpaired) electrons. The van der Waals surface area contributed by atoms with E-state index >= 15 is 0 Å². The molecule has 0 fully saturated rings. The number of carbonyl (C=O) groups is 1. The minimum absolute atomic E-state index is 0.0221. The smallest absolute Gasteiger partial charge is 0.321 e. The van der Waals surface area contributed by atoms with Crippen LogP contribution in [0.4, 0.5) is 5.69 Å². The maximum atomic E-state index is 12.9. The van der Waals surface area contributed by atoms with Crippen LogP contribution >= 0.6 is 0 Å². The summed E-state index contributed by atoms with van der Waals surface area (Å²) in [5, 5.41) is 3.13. The Morgan fingerprint density at radius 1 is 1.07 bits per heavy atom. The van der Waals surface area contributed by atoms with Crippen LogP contribution in [0.15, 0.2) is 34.0 Å². The molecule has 2 aromatic heterocycles. The molecule has 7 nitrogen and oxygen atoms in total. The molecule has 2 heterocycles. The van der Waals surface area contributed by atoms with Gasteiger partial charge in [-0.25, -0.2) is 9.78 Å². The first-order valence-electron chi connectivity index (χ1n) is 9.10. The number of aromatic nitrogens is 3. The maximum absolute atomic E-state index is 12.9. The Hall–Kier alpha value is -3.22. The van der Waals surface area contributed by atoms with Gasteiger partial charge in [-0.3, -0.25) is 18.7 Å². The zero-order valence-electron chi connectivity index (χ0n) is 17.0. The summed E-state index contributed by atoms with van der Waals surface area (Å²) in [7, 11) is 2.97. The minimum atomic E-state index is -0.483. The second-order valence-corrected chi connectivity index (χ2v) is 7.40. The molecule has 0 unspecified atom stereocenters. The van der Waals surface area contributed by atoms with E-state index in [2.05, 4.69) is 10.3 Å². The van der Waals surface area contributed by atoms with Crippen molar-refractivity contribution in [2.75, 3.05) is 5.32 Å². The van der Waals surface area contributed by atoms with Gasteiger partial charge in [-0.1, -0.05) is 19.9 Å². The molecule has 146 valence electrons. The van der Waals surface area contributed by atoms with E-state index < -0.39 is 11.2 Å². The van der Waals surface area contributed by atoms with Gasteiger partial charge in [-0.15, -0.1) is 0 Å². The van der Waals surface area contributed by atoms with Crippen molar-refractivity contribution in [3.8, 4) is 0 Å². The van der Waals surface area contributed by atoms with Crippen molar-refractivity contribution in [2.24, 2.45) is 14.1 Å². The van der Waals surface area contributed by atoms with Crippen molar-refractivity contribution >= 4 is 22.6 Å². The van der Waals surface area contributed by atoms with Gasteiger partial charge in [0.05, 0.1) is 5.69 Å². The number of hydrogen-bond donors (Lipinski definition) is 1. The van der Waals surface area contributed by atoms with Crippen molar-refractivity contribution < 1.29 is 4.79 Å². The third-order valence-corrected chi connectivity index (χ3v) is 5.13. The van der Waals surface area contributed by atoms with E-state index in [1.807, 2.05) is 39.8 Å².